The highest BCUT2D eigenvalue weighted by Crippen LogP contribution is 2.26. The van der Waals surface area contributed by atoms with Gasteiger partial charge in [0.05, 0.1) is 31.3 Å². The van der Waals surface area contributed by atoms with Crippen molar-refractivity contribution in [3.8, 4) is 11.8 Å². The summed E-state index contributed by atoms with van der Waals surface area (Å²) >= 11 is 0. The predicted molar refractivity (Wildman–Crippen MR) is 128 cm³/mol. The van der Waals surface area contributed by atoms with Gasteiger partial charge in [-0.15, -0.1) is 0 Å². The zero-order valence-electron chi connectivity index (χ0n) is 19.9. The highest BCUT2D eigenvalue weighted by atomic mass is 16.6. The number of rotatable bonds is 6. The first kappa shape index (κ1) is 23.0. The molecule has 2 heterocycles. The molecule has 1 amide bonds. The van der Waals surface area contributed by atoms with Crippen LogP contribution in [0.2, 0.25) is 0 Å². The van der Waals surface area contributed by atoms with Crippen molar-refractivity contribution < 1.29 is 19.0 Å². The van der Waals surface area contributed by atoms with Crippen LogP contribution in [0.1, 0.15) is 39.2 Å². The minimum atomic E-state index is -0.493. The van der Waals surface area contributed by atoms with Crippen LogP contribution in [-0.2, 0) is 11.3 Å². The number of amides is 1. The summed E-state index contributed by atoms with van der Waals surface area (Å²) in [5.41, 5.74) is 2.58. The fraction of sp³-hybridized carbons (Fsp3) is 0.462. The highest BCUT2D eigenvalue weighted by Gasteiger charge is 2.28. The van der Waals surface area contributed by atoms with E-state index in [1.54, 1.807) is 12.0 Å². The molecule has 0 unspecified atom stereocenters. The van der Waals surface area contributed by atoms with Gasteiger partial charge in [-0.1, -0.05) is 24.3 Å². The molecule has 1 aliphatic heterocycles. The molecule has 0 bridgehead atoms. The summed E-state index contributed by atoms with van der Waals surface area (Å²) in [5, 5.41) is 0. The van der Waals surface area contributed by atoms with Crippen LogP contribution >= 0.6 is 0 Å². The fourth-order valence-corrected chi connectivity index (χ4v) is 4.12. The van der Waals surface area contributed by atoms with Crippen molar-refractivity contribution in [3.63, 3.8) is 0 Å². The number of carbonyl (C=O) groups excluding carboxylic acids is 1. The van der Waals surface area contributed by atoms with E-state index in [0.29, 0.717) is 25.7 Å². The van der Waals surface area contributed by atoms with Gasteiger partial charge in [-0.3, -0.25) is 4.57 Å². The Morgan fingerprint density at radius 3 is 2.61 bits per heavy atom. The number of para-hydroxylation sites is 2. The predicted octanol–water partition coefficient (Wildman–Crippen LogP) is 5.12. The molecule has 1 saturated heterocycles. The Hall–Kier alpha value is -3.22. The van der Waals surface area contributed by atoms with E-state index in [0.717, 1.165) is 41.7 Å². The van der Waals surface area contributed by atoms with Gasteiger partial charge in [0.25, 0.3) is 6.01 Å². The molecule has 1 aromatic heterocycles. The van der Waals surface area contributed by atoms with Crippen molar-refractivity contribution in [1.82, 2.24) is 14.5 Å². The first-order valence-electron chi connectivity index (χ1n) is 11.5. The summed E-state index contributed by atoms with van der Waals surface area (Å²) < 4.78 is 19.2. The summed E-state index contributed by atoms with van der Waals surface area (Å²) in [5.74, 6) is 1.07. The van der Waals surface area contributed by atoms with Gasteiger partial charge >= 0.3 is 6.09 Å². The van der Waals surface area contributed by atoms with E-state index in [-0.39, 0.29) is 12.0 Å². The lowest BCUT2D eigenvalue weighted by molar-refractivity contribution is 0.0136. The Kier molecular flexibility index (Phi) is 6.77. The molecule has 0 radical (unpaired) electrons. The maximum absolute atomic E-state index is 12.5. The topological polar surface area (TPSA) is 65.8 Å². The Labute approximate surface area is 195 Å². The molecular formula is C26H33N3O4. The molecule has 0 N–H and O–H groups in total. The van der Waals surface area contributed by atoms with Crippen molar-refractivity contribution in [2.75, 3.05) is 26.8 Å². The van der Waals surface area contributed by atoms with Crippen molar-refractivity contribution in [1.29, 1.82) is 0 Å². The monoisotopic (exact) mass is 451 g/mol. The van der Waals surface area contributed by atoms with Gasteiger partial charge in [-0.2, -0.15) is 4.98 Å². The molecule has 1 fully saturated rings. The van der Waals surface area contributed by atoms with Crippen LogP contribution in [0.15, 0.2) is 48.5 Å². The number of fused-ring (bicyclic) bond motifs is 1. The number of piperidine rings is 1. The number of ether oxygens (including phenoxy) is 3. The van der Waals surface area contributed by atoms with Gasteiger partial charge in [-0.05, 0) is 63.4 Å². The van der Waals surface area contributed by atoms with Gasteiger partial charge in [0.2, 0.25) is 0 Å². The zero-order chi connectivity index (χ0) is 23.4. The van der Waals surface area contributed by atoms with Crippen LogP contribution in [-0.4, -0.2) is 53.0 Å². The standard InChI is InChI=1S/C26H33N3O4/c1-26(2,3)33-25(30)28-15-7-8-20(16-28)18-32-24-27-22-9-5-6-10-23(22)29(24)17-19-11-13-21(31-4)14-12-19/h5-6,9-14,20H,7-8,15-18H2,1-4H3/t20-/m1/s1. The molecule has 33 heavy (non-hydrogen) atoms. The van der Waals surface area contributed by atoms with E-state index in [2.05, 4.69) is 22.8 Å². The number of benzene rings is 2. The van der Waals surface area contributed by atoms with E-state index in [1.165, 1.54) is 0 Å². The van der Waals surface area contributed by atoms with E-state index in [9.17, 15) is 4.79 Å². The molecule has 0 spiro atoms. The number of imidazole rings is 1. The van der Waals surface area contributed by atoms with Crippen molar-refractivity contribution in [3.05, 3.63) is 54.1 Å². The van der Waals surface area contributed by atoms with Crippen LogP contribution in [0.4, 0.5) is 4.79 Å². The molecule has 0 saturated carbocycles. The summed E-state index contributed by atoms with van der Waals surface area (Å²) in [7, 11) is 1.67. The Bertz CT molecular complexity index is 1090. The largest absolute Gasteiger partial charge is 0.497 e. The van der Waals surface area contributed by atoms with Crippen LogP contribution in [0.5, 0.6) is 11.8 Å². The average molecular weight is 452 g/mol. The van der Waals surface area contributed by atoms with E-state index < -0.39 is 5.60 Å². The molecule has 4 rings (SSSR count). The number of nitrogens with zero attached hydrogens (tertiary/aromatic N) is 3. The van der Waals surface area contributed by atoms with Crippen molar-refractivity contribution in [2.45, 2.75) is 45.8 Å². The number of likely N-dealkylation sites (tertiary alicyclic amines) is 1. The number of hydrogen-bond donors (Lipinski definition) is 0. The molecule has 2 aromatic carbocycles. The lowest BCUT2D eigenvalue weighted by Crippen LogP contribution is -2.44. The van der Waals surface area contributed by atoms with Gasteiger partial charge < -0.3 is 19.1 Å². The third-order valence-electron chi connectivity index (χ3n) is 5.74. The maximum Gasteiger partial charge on any atom is 0.410 e. The van der Waals surface area contributed by atoms with E-state index in [1.807, 2.05) is 51.1 Å². The third-order valence-corrected chi connectivity index (χ3v) is 5.74. The van der Waals surface area contributed by atoms with Crippen LogP contribution in [0, 0.1) is 5.92 Å². The summed E-state index contributed by atoms with van der Waals surface area (Å²) in [6.07, 6.45) is 1.70. The van der Waals surface area contributed by atoms with Crippen LogP contribution in [0.25, 0.3) is 11.0 Å². The van der Waals surface area contributed by atoms with Gasteiger partial charge in [0, 0.05) is 19.0 Å². The lowest BCUT2D eigenvalue weighted by Gasteiger charge is -2.33. The van der Waals surface area contributed by atoms with Crippen LogP contribution < -0.4 is 9.47 Å². The van der Waals surface area contributed by atoms with Gasteiger partial charge in [-0.25, -0.2) is 4.79 Å². The van der Waals surface area contributed by atoms with Crippen LogP contribution in [0.3, 0.4) is 0 Å². The average Bonchev–Trinajstić information content (AvgIpc) is 3.14. The molecular weight excluding hydrogens is 418 g/mol. The van der Waals surface area contributed by atoms with E-state index >= 15 is 0 Å². The first-order chi connectivity index (χ1) is 15.8. The summed E-state index contributed by atoms with van der Waals surface area (Å²) in [6, 6.07) is 16.7. The third kappa shape index (κ3) is 5.78. The fourth-order valence-electron chi connectivity index (χ4n) is 4.12. The Morgan fingerprint density at radius 1 is 1.12 bits per heavy atom. The highest BCUT2D eigenvalue weighted by molar-refractivity contribution is 5.76. The SMILES string of the molecule is COc1ccc(Cn2c(OC[C@@H]3CCCN(C(=O)OC(C)(C)C)C3)nc3ccccc32)cc1. The Balaban J connectivity index is 1.47. The number of hydrogen-bond acceptors (Lipinski definition) is 5. The Morgan fingerprint density at radius 2 is 1.88 bits per heavy atom. The smallest absolute Gasteiger partial charge is 0.410 e. The molecule has 3 aromatic rings. The van der Waals surface area contributed by atoms with E-state index in [4.69, 9.17) is 19.2 Å². The second kappa shape index (κ2) is 9.73. The molecule has 1 atom stereocenters. The molecule has 1 aliphatic rings. The molecule has 176 valence electrons. The second-order valence-corrected chi connectivity index (χ2v) is 9.56. The van der Waals surface area contributed by atoms with Crippen molar-refractivity contribution >= 4 is 17.1 Å². The number of methoxy groups -OCH3 is 1. The van der Waals surface area contributed by atoms with Gasteiger partial charge in [0.1, 0.15) is 11.4 Å². The zero-order valence-corrected chi connectivity index (χ0v) is 19.9. The maximum atomic E-state index is 12.5. The molecule has 7 heteroatoms. The second-order valence-electron chi connectivity index (χ2n) is 9.56. The molecule has 0 aliphatic carbocycles. The summed E-state index contributed by atoms with van der Waals surface area (Å²) in [4.78, 5) is 19.0. The number of carbonyl (C=O) groups is 1. The normalized spacial score (nSPS) is 16.6. The first-order valence-corrected chi connectivity index (χ1v) is 11.5. The minimum absolute atomic E-state index is 0.237. The quantitative estimate of drug-likeness (QED) is 0.520. The lowest BCUT2D eigenvalue weighted by atomic mass is 9.99. The van der Waals surface area contributed by atoms with Gasteiger partial charge in [0.15, 0.2) is 0 Å². The summed E-state index contributed by atoms with van der Waals surface area (Å²) in [6.45, 7) is 8.18. The number of aromatic nitrogens is 2. The molecule has 7 nitrogen and oxygen atoms in total. The van der Waals surface area contributed by atoms with Crippen molar-refractivity contribution in [2.24, 2.45) is 5.92 Å². The minimum Gasteiger partial charge on any atom is -0.497 e.